The Morgan fingerprint density at radius 3 is 2.80 bits per heavy atom. The smallest absolute Gasteiger partial charge is 0.149 e. The summed E-state index contributed by atoms with van der Waals surface area (Å²) in [6.07, 6.45) is 0. The molecule has 1 aromatic carbocycles. The Hall–Kier alpha value is -1.88. The van der Waals surface area contributed by atoms with E-state index in [2.05, 4.69) is 10.4 Å². The molecule has 0 aliphatic rings. The zero-order valence-corrected chi connectivity index (χ0v) is 8.12. The van der Waals surface area contributed by atoms with Crippen LogP contribution in [0.1, 0.15) is 0 Å². The fourth-order valence-electron chi connectivity index (χ4n) is 1.42. The Morgan fingerprint density at radius 1 is 1.33 bits per heavy atom. The average molecular weight is 207 g/mol. The molecule has 0 saturated heterocycles. The number of hydrogen-bond acceptors (Lipinski definition) is 4. The number of halogens is 1. The van der Waals surface area contributed by atoms with Crippen molar-refractivity contribution in [3.05, 3.63) is 30.1 Å². The molecule has 3 N–H and O–H groups in total. The molecule has 0 unspecified atom stereocenters. The number of fused-ring (bicyclic) bond motifs is 1. The first-order valence-electron chi connectivity index (χ1n) is 4.36. The molecule has 4 nitrogen and oxygen atoms in total. The van der Waals surface area contributed by atoms with E-state index in [9.17, 15) is 4.39 Å². The topological polar surface area (TPSA) is 60.2 Å². The lowest BCUT2D eigenvalue weighted by Gasteiger charge is -2.06. The number of rotatable bonds is 2. The molecule has 0 radical (unpaired) electrons. The standard InChI is InChI=1S/C10H10FN3O/c1-15-8-4-3-7(11)10-6(8)2-5-9(13-10)14-12/h2-5H,12H2,1H3,(H,13,14). The second-order valence-corrected chi connectivity index (χ2v) is 2.99. The third kappa shape index (κ3) is 1.57. The highest BCUT2D eigenvalue weighted by atomic mass is 19.1. The summed E-state index contributed by atoms with van der Waals surface area (Å²) in [7, 11) is 1.53. The van der Waals surface area contributed by atoms with Crippen molar-refractivity contribution in [2.45, 2.75) is 0 Å². The normalized spacial score (nSPS) is 10.3. The van der Waals surface area contributed by atoms with Crippen LogP contribution in [0.5, 0.6) is 5.75 Å². The summed E-state index contributed by atoms with van der Waals surface area (Å²) in [5.74, 6) is 5.79. The fraction of sp³-hybridized carbons (Fsp3) is 0.100. The predicted molar refractivity (Wildman–Crippen MR) is 56.1 cm³/mol. The van der Waals surface area contributed by atoms with E-state index in [-0.39, 0.29) is 5.52 Å². The molecule has 15 heavy (non-hydrogen) atoms. The van der Waals surface area contributed by atoms with Crippen LogP contribution < -0.4 is 16.0 Å². The summed E-state index contributed by atoms with van der Waals surface area (Å²) in [5, 5.41) is 0.622. The zero-order chi connectivity index (χ0) is 10.8. The van der Waals surface area contributed by atoms with E-state index < -0.39 is 5.82 Å². The van der Waals surface area contributed by atoms with Crippen LogP contribution in [-0.2, 0) is 0 Å². The van der Waals surface area contributed by atoms with Gasteiger partial charge in [0.1, 0.15) is 22.9 Å². The van der Waals surface area contributed by atoms with Gasteiger partial charge in [-0.2, -0.15) is 0 Å². The summed E-state index contributed by atoms with van der Waals surface area (Å²) in [6, 6.07) is 6.24. The molecule has 1 heterocycles. The van der Waals surface area contributed by atoms with Crippen LogP contribution in [0.15, 0.2) is 24.3 Å². The monoisotopic (exact) mass is 207 g/mol. The van der Waals surface area contributed by atoms with E-state index in [4.69, 9.17) is 10.6 Å². The van der Waals surface area contributed by atoms with Gasteiger partial charge in [-0.05, 0) is 24.3 Å². The van der Waals surface area contributed by atoms with Gasteiger partial charge < -0.3 is 10.2 Å². The molecule has 2 aromatic rings. The summed E-state index contributed by atoms with van der Waals surface area (Å²) >= 11 is 0. The van der Waals surface area contributed by atoms with Gasteiger partial charge in [-0.15, -0.1) is 0 Å². The molecule has 78 valence electrons. The third-order valence-corrected chi connectivity index (χ3v) is 2.14. The maximum Gasteiger partial charge on any atom is 0.149 e. The highest BCUT2D eigenvalue weighted by Gasteiger charge is 2.07. The van der Waals surface area contributed by atoms with Crippen molar-refractivity contribution in [2.75, 3.05) is 12.5 Å². The first-order chi connectivity index (χ1) is 7.26. The molecule has 0 bridgehead atoms. The van der Waals surface area contributed by atoms with E-state index in [1.807, 2.05) is 0 Å². The van der Waals surface area contributed by atoms with Gasteiger partial charge in [0.05, 0.1) is 7.11 Å². The zero-order valence-electron chi connectivity index (χ0n) is 8.12. The third-order valence-electron chi connectivity index (χ3n) is 2.14. The molecule has 0 saturated carbocycles. The van der Waals surface area contributed by atoms with Crippen LogP contribution >= 0.6 is 0 Å². The van der Waals surface area contributed by atoms with E-state index in [1.165, 1.54) is 13.2 Å². The number of pyridine rings is 1. The molecule has 1 aromatic heterocycles. The lowest BCUT2D eigenvalue weighted by molar-refractivity contribution is 0.419. The highest BCUT2D eigenvalue weighted by Crippen LogP contribution is 2.27. The van der Waals surface area contributed by atoms with Gasteiger partial charge in [0.15, 0.2) is 0 Å². The van der Waals surface area contributed by atoms with Crippen LogP contribution in [0.2, 0.25) is 0 Å². The second-order valence-electron chi connectivity index (χ2n) is 2.99. The SMILES string of the molecule is COc1ccc(F)c2nc(NN)ccc12. The van der Waals surface area contributed by atoms with Gasteiger partial charge in [-0.1, -0.05) is 0 Å². The summed E-state index contributed by atoms with van der Waals surface area (Å²) in [4.78, 5) is 4.01. The van der Waals surface area contributed by atoms with Crippen molar-refractivity contribution in [2.24, 2.45) is 5.84 Å². The Balaban J connectivity index is 2.75. The van der Waals surface area contributed by atoms with Crippen molar-refractivity contribution in [3.63, 3.8) is 0 Å². The minimum absolute atomic E-state index is 0.241. The minimum Gasteiger partial charge on any atom is -0.496 e. The quantitative estimate of drug-likeness (QED) is 0.581. The van der Waals surface area contributed by atoms with Crippen molar-refractivity contribution in [3.8, 4) is 5.75 Å². The van der Waals surface area contributed by atoms with Crippen molar-refractivity contribution in [1.29, 1.82) is 0 Å². The number of ether oxygens (including phenoxy) is 1. The number of hydrogen-bond donors (Lipinski definition) is 2. The Morgan fingerprint density at radius 2 is 2.13 bits per heavy atom. The van der Waals surface area contributed by atoms with Crippen LogP contribution in [0.3, 0.4) is 0 Å². The Labute approximate surface area is 85.8 Å². The van der Waals surface area contributed by atoms with Crippen LogP contribution in [0.4, 0.5) is 10.2 Å². The predicted octanol–water partition coefficient (Wildman–Crippen LogP) is 1.67. The molecule has 0 amide bonds. The number of nitrogens with zero attached hydrogens (tertiary/aromatic N) is 1. The molecule has 5 heteroatoms. The number of nitrogens with two attached hydrogens (primary N) is 1. The van der Waals surface area contributed by atoms with Gasteiger partial charge in [0, 0.05) is 5.39 Å². The summed E-state index contributed by atoms with van der Waals surface area (Å²) in [6.45, 7) is 0. The minimum atomic E-state index is -0.400. The van der Waals surface area contributed by atoms with Gasteiger partial charge in [0.2, 0.25) is 0 Å². The van der Waals surface area contributed by atoms with E-state index in [1.54, 1.807) is 18.2 Å². The van der Waals surface area contributed by atoms with Gasteiger partial charge in [-0.25, -0.2) is 15.2 Å². The van der Waals surface area contributed by atoms with Crippen molar-refractivity contribution in [1.82, 2.24) is 4.98 Å². The highest BCUT2D eigenvalue weighted by molar-refractivity contribution is 5.86. The molecular weight excluding hydrogens is 197 g/mol. The Bertz CT molecular complexity index is 501. The van der Waals surface area contributed by atoms with E-state index in [0.29, 0.717) is 17.0 Å². The van der Waals surface area contributed by atoms with Crippen molar-refractivity contribution < 1.29 is 9.13 Å². The van der Waals surface area contributed by atoms with E-state index in [0.717, 1.165) is 0 Å². The van der Waals surface area contributed by atoms with Crippen LogP contribution in [-0.4, -0.2) is 12.1 Å². The number of benzene rings is 1. The maximum absolute atomic E-state index is 13.4. The molecule has 0 atom stereocenters. The lowest BCUT2D eigenvalue weighted by atomic mass is 10.2. The van der Waals surface area contributed by atoms with Crippen LogP contribution in [0, 0.1) is 5.82 Å². The van der Waals surface area contributed by atoms with Crippen molar-refractivity contribution >= 4 is 16.7 Å². The molecular formula is C10H10FN3O. The van der Waals surface area contributed by atoms with Gasteiger partial charge >= 0.3 is 0 Å². The molecule has 0 aliphatic heterocycles. The summed E-state index contributed by atoms with van der Waals surface area (Å²) in [5.41, 5.74) is 2.61. The van der Waals surface area contributed by atoms with Gasteiger partial charge in [-0.3, -0.25) is 0 Å². The number of hydrazine groups is 1. The number of anilines is 1. The summed E-state index contributed by atoms with van der Waals surface area (Å²) < 4.78 is 18.5. The first kappa shape index (κ1) is 9.67. The fourth-order valence-corrected chi connectivity index (χ4v) is 1.42. The second kappa shape index (κ2) is 3.70. The number of methoxy groups -OCH3 is 1. The first-order valence-corrected chi connectivity index (χ1v) is 4.36. The van der Waals surface area contributed by atoms with Gasteiger partial charge in [0.25, 0.3) is 0 Å². The number of nitrogen functional groups attached to an aromatic ring is 1. The van der Waals surface area contributed by atoms with Crippen LogP contribution in [0.25, 0.3) is 10.9 Å². The average Bonchev–Trinajstić information content (AvgIpc) is 2.29. The molecule has 2 rings (SSSR count). The van der Waals surface area contributed by atoms with E-state index >= 15 is 0 Å². The molecule has 0 aliphatic carbocycles. The largest absolute Gasteiger partial charge is 0.496 e. The lowest BCUT2D eigenvalue weighted by Crippen LogP contribution is -2.08. The number of aromatic nitrogens is 1. The maximum atomic E-state index is 13.4. The molecule has 0 spiro atoms. The number of nitrogens with one attached hydrogen (secondary N) is 1. The Kier molecular flexibility index (Phi) is 2.39. The molecule has 0 fully saturated rings.